The molecule has 12 heavy (non-hydrogen) atoms. The first kappa shape index (κ1) is 8.24. The molecular formula is C6H4BrIN4. The van der Waals surface area contributed by atoms with Crippen molar-refractivity contribution in [3.8, 4) is 0 Å². The molecule has 0 amide bonds. The molecule has 0 saturated heterocycles. The number of aromatic nitrogens is 3. The van der Waals surface area contributed by atoms with Gasteiger partial charge in [0.15, 0.2) is 5.82 Å². The highest BCUT2D eigenvalue weighted by Gasteiger charge is 2.05. The van der Waals surface area contributed by atoms with Crippen LogP contribution in [0.3, 0.4) is 0 Å². The SMILES string of the molecule is Nc1nc(I)nn2c(Br)ccc12. The topological polar surface area (TPSA) is 56.2 Å². The lowest BCUT2D eigenvalue weighted by Gasteiger charge is -1.98. The smallest absolute Gasteiger partial charge is 0.212 e. The molecule has 4 nitrogen and oxygen atoms in total. The van der Waals surface area contributed by atoms with Gasteiger partial charge in [-0.25, -0.2) is 9.50 Å². The highest BCUT2D eigenvalue weighted by atomic mass is 127. The maximum atomic E-state index is 5.67. The van der Waals surface area contributed by atoms with Gasteiger partial charge < -0.3 is 5.73 Å². The molecule has 2 rings (SSSR count). The fourth-order valence-corrected chi connectivity index (χ4v) is 1.84. The summed E-state index contributed by atoms with van der Waals surface area (Å²) in [6.45, 7) is 0. The van der Waals surface area contributed by atoms with Crippen LogP contribution < -0.4 is 5.73 Å². The third kappa shape index (κ3) is 1.18. The lowest BCUT2D eigenvalue weighted by Crippen LogP contribution is -2.02. The number of rotatable bonds is 0. The molecule has 2 heterocycles. The number of nitrogens with two attached hydrogens (primary N) is 1. The van der Waals surface area contributed by atoms with Crippen LogP contribution in [-0.4, -0.2) is 14.6 Å². The molecule has 0 spiro atoms. The zero-order valence-electron chi connectivity index (χ0n) is 5.83. The monoisotopic (exact) mass is 338 g/mol. The maximum absolute atomic E-state index is 5.67. The van der Waals surface area contributed by atoms with Crippen molar-refractivity contribution in [2.24, 2.45) is 0 Å². The molecular weight excluding hydrogens is 335 g/mol. The Balaban J connectivity index is 2.92. The van der Waals surface area contributed by atoms with Crippen molar-refractivity contribution in [3.05, 3.63) is 20.6 Å². The molecule has 0 unspecified atom stereocenters. The standard InChI is InChI=1S/C6H4BrIN4/c7-4-2-1-3-5(9)10-6(8)11-12(3)4/h1-2H,(H2,9,10,11). The van der Waals surface area contributed by atoms with Gasteiger partial charge in [-0.05, 0) is 28.1 Å². The van der Waals surface area contributed by atoms with Gasteiger partial charge in [0.25, 0.3) is 0 Å². The number of anilines is 1. The fourth-order valence-electron chi connectivity index (χ4n) is 0.961. The molecule has 0 aliphatic carbocycles. The Morgan fingerprint density at radius 1 is 1.50 bits per heavy atom. The summed E-state index contributed by atoms with van der Waals surface area (Å²) in [6.07, 6.45) is 0. The molecule has 0 aliphatic rings. The summed E-state index contributed by atoms with van der Waals surface area (Å²) in [6, 6.07) is 3.76. The van der Waals surface area contributed by atoms with Crippen LogP contribution in [0.1, 0.15) is 0 Å². The molecule has 0 fully saturated rings. The second kappa shape index (κ2) is 2.84. The maximum Gasteiger partial charge on any atom is 0.212 e. The summed E-state index contributed by atoms with van der Waals surface area (Å²) in [5.74, 6) is 0.500. The highest BCUT2D eigenvalue weighted by molar-refractivity contribution is 14.1. The predicted molar refractivity (Wildman–Crippen MR) is 57.8 cm³/mol. The quantitative estimate of drug-likeness (QED) is 0.743. The molecule has 6 heteroatoms. The Kier molecular flexibility index (Phi) is 1.95. The second-order valence-electron chi connectivity index (χ2n) is 2.22. The van der Waals surface area contributed by atoms with E-state index in [1.807, 2.05) is 34.7 Å². The van der Waals surface area contributed by atoms with E-state index in [1.165, 1.54) is 0 Å². The number of hydrogen-bond acceptors (Lipinski definition) is 3. The number of fused-ring (bicyclic) bond motifs is 1. The van der Waals surface area contributed by atoms with Crippen molar-refractivity contribution in [1.82, 2.24) is 14.6 Å². The largest absolute Gasteiger partial charge is 0.382 e. The van der Waals surface area contributed by atoms with E-state index in [9.17, 15) is 0 Å². The van der Waals surface area contributed by atoms with Gasteiger partial charge >= 0.3 is 0 Å². The van der Waals surface area contributed by atoms with E-state index in [-0.39, 0.29) is 0 Å². The summed E-state index contributed by atoms with van der Waals surface area (Å²) >= 11 is 5.37. The minimum absolute atomic E-state index is 0.500. The van der Waals surface area contributed by atoms with Crippen LogP contribution >= 0.6 is 38.5 Å². The number of hydrogen-bond donors (Lipinski definition) is 1. The lowest BCUT2D eigenvalue weighted by molar-refractivity contribution is 0.861. The van der Waals surface area contributed by atoms with E-state index in [0.29, 0.717) is 9.65 Å². The summed E-state index contributed by atoms with van der Waals surface area (Å²) in [7, 11) is 0. The van der Waals surface area contributed by atoms with Crippen molar-refractivity contribution in [3.63, 3.8) is 0 Å². The predicted octanol–water partition coefficient (Wildman–Crippen LogP) is 1.68. The van der Waals surface area contributed by atoms with Gasteiger partial charge in [-0.2, -0.15) is 0 Å². The van der Waals surface area contributed by atoms with E-state index in [1.54, 1.807) is 4.52 Å². The third-order valence-corrected chi connectivity index (χ3v) is 2.52. The normalized spacial score (nSPS) is 10.8. The van der Waals surface area contributed by atoms with Gasteiger partial charge in [0.1, 0.15) is 10.1 Å². The molecule has 62 valence electrons. The van der Waals surface area contributed by atoms with Gasteiger partial charge in [-0.1, -0.05) is 0 Å². The summed E-state index contributed by atoms with van der Waals surface area (Å²) in [4.78, 5) is 4.03. The van der Waals surface area contributed by atoms with E-state index < -0.39 is 0 Å². The summed E-state index contributed by atoms with van der Waals surface area (Å²) < 4.78 is 3.23. The Labute approximate surface area is 90.4 Å². The second-order valence-corrected chi connectivity index (χ2v) is 4.00. The first-order valence-electron chi connectivity index (χ1n) is 3.15. The van der Waals surface area contributed by atoms with Gasteiger partial charge in [-0.3, -0.25) is 0 Å². The average molecular weight is 339 g/mol. The third-order valence-electron chi connectivity index (χ3n) is 1.47. The van der Waals surface area contributed by atoms with Gasteiger partial charge in [0, 0.05) is 22.6 Å². The minimum atomic E-state index is 0.500. The summed E-state index contributed by atoms with van der Waals surface area (Å²) in [5.41, 5.74) is 6.49. The van der Waals surface area contributed by atoms with Crippen molar-refractivity contribution in [2.45, 2.75) is 0 Å². The Morgan fingerprint density at radius 3 is 3.00 bits per heavy atom. The molecule has 0 atom stereocenters. The van der Waals surface area contributed by atoms with Crippen LogP contribution in [-0.2, 0) is 0 Å². The Bertz CT molecular complexity index is 438. The van der Waals surface area contributed by atoms with Gasteiger partial charge in [-0.15, -0.1) is 5.10 Å². The summed E-state index contributed by atoms with van der Waals surface area (Å²) in [5, 5.41) is 4.16. The highest BCUT2D eigenvalue weighted by Crippen LogP contribution is 2.18. The van der Waals surface area contributed by atoms with E-state index >= 15 is 0 Å². The van der Waals surface area contributed by atoms with E-state index in [2.05, 4.69) is 26.0 Å². The van der Waals surface area contributed by atoms with Crippen molar-refractivity contribution in [2.75, 3.05) is 5.73 Å². The molecule has 0 aromatic carbocycles. The van der Waals surface area contributed by atoms with Crippen LogP contribution in [0.4, 0.5) is 5.82 Å². The Hall–Kier alpha value is -0.370. The molecule has 0 aliphatic heterocycles. The molecule has 0 radical (unpaired) electrons. The minimum Gasteiger partial charge on any atom is -0.382 e. The molecule has 2 aromatic heterocycles. The zero-order chi connectivity index (χ0) is 8.72. The first-order chi connectivity index (χ1) is 5.68. The van der Waals surface area contributed by atoms with E-state index in [4.69, 9.17) is 5.73 Å². The van der Waals surface area contributed by atoms with Crippen LogP contribution in [0.25, 0.3) is 5.52 Å². The van der Waals surface area contributed by atoms with Crippen molar-refractivity contribution >= 4 is 49.9 Å². The lowest BCUT2D eigenvalue weighted by atomic mass is 10.5. The number of nitrogen functional groups attached to an aromatic ring is 1. The number of halogens is 2. The van der Waals surface area contributed by atoms with Gasteiger partial charge in [0.2, 0.25) is 3.83 Å². The van der Waals surface area contributed by atoms with Crippen LogP contribution in [0.15, 0.2) is 16.7 Å². The van der Waals surface area contributed by atoms with Gasteiger partial charge in [0.05, 0.1) is 0 Å². The van der Waals surface area contributed by atoms with Crippen molar-refractivity contribution in [1.29, 1.82) is 0 Å². The van der Waals surface area contributed by atoms with Crippen molar-refractivity contribution < 1.29 is 0 Å². The molecule has 2 N–H and O–H groups in total. The molecule has 0 bridgehead atoms. The molecule has 0 saturated carbocycles. The van der Waals surface area contributed by atoms with E-state index in [0.717, 1.165) is 10.1 Å². The first-order valence-corrected chi connectivity index (χ1v) is 5.02. The zero-order valence-corrected chi connectivity index (χ0v) is 9.57. The Morgan fingerprint density at radius 2 is 2.25 bits per heavy atom. The number of nitrogens with zero attached hydrogens (tertiary/aromatic N) is 3. The van der Waals surface area contributed by atoms with Crippen LogP contribution in [0, 0.1) is 3.83 Å². The fraction of sp³-hybridized carbons (Fsp3) is 0. The average Bonchev–Trinajstić information content (AvgIpc) is 2.33. The molecule has 2 aromatic rings. The van der Waals surface area contributed by atoms with Crippen LogP contribution in [0.5, 0.6) is 0 Å². The van der Waals surface area contributed by atoms with Crippen LogP contribution in [0.2, 0.25) is 0 Å².